The zero-order chi connectivity index (χ0) is 16.1. The van der Waals surface area contributed by atoms with Crippen molar-refractivity contribution in [2.45, 2.75) is 25.4 Å². The fraction of sp³-hybridized carbons (Fsp3) is 0.467. The Morgan fingerprint density at radius 2 is 2.09 bits per heavy atom. The predicted molar refractivity (Wildman–Crippen MR) is 73.3 cm³/mol. The van der Waals surface area contributed by atoms with E-state index in [2.05, 4.69) is 0 Å². The molecule has 1 aliphatic heterocycles. The molecule has 120 valence electrons. The summed E-state index contributed by atoms with van der Waals surface area (Å²) in [4.78, 5) is 24.3. The van der Waals surface area contributed by atoms with Crippen LogP contribution in [0.1, 0.15) is 18.4 Å². The van der Waals surface area contributed by atoms with Gasteiger partial charge in [-0.15, -0.1) is 0 Å². The number of carboxylic acids is 1. The molecule has 1 amide bonds. The van der Waals surface area contributed by atoms with E-state index >= 15 is 0 Å². The average Bonchev–Trinajstić information content (AvgIpc) is 2.51. The minimum atomic E-state index is -1.08. The van der Waals surface area contributed by atoms with Crippen LogP contribution in [0.15, 0.2) is 18.2 Å². The Morgan fingerprint density at radius 1 is 1.32 bits per heavy atom. The van der Waals surface area contributed by atoms with Crippen LogP contribution >= 0.6 is 0 Å². The number of amides is 1. The van der Waals surface area contributed by atoms with Gasteiger partial charge in [0, 0.05) is 13.0 Å². The van der Waals surface area contributed by atoms with E-state index in [-0.39, 0.29) is 25.5 Å². The fourth-order valence-corrected chi connectivity index (χ4v) is 2.32. The number of carbonyl (C=O) groups excluding carboxylic acids is 1. The van der Waals surface area contributed by atoms with Crippen molar-refractivity contribution in [2.75, 3.05) is 19.7 Å². The quantitative estimate of drug-likeness (QED) is 0.896. The molecule has 0 saturated carbocycles. The highest BCUT2D eigenvalue weighted by molar-refractivity contribution is 5.78. The maximum Gasteiger partial charge on any atom is 0.334 e. The molecule has 0 radical (unpaired) electrons. The van der Waals surface area contributed by atoms with Crippen molar-refractivity contribution < 1.29 is 28.2 Å². The van der Waals surface area contributed by atoms with Gasteiger partial charge >= 0.3 is 5.97 Å². The number of aryl methyl sites for hydroxylation is 1. The first-order valence-electron chi connectivity index (χ1n) is 7.03. The second-order valence-electron chi connectivity index (χ2n) is 5.14. The SMILES string of the molecule is O=C(O)[C@H]1CN(C(=O)CCCc2ccc(F)c(F)c2)CCO1. The van der Waals surface area contributed by atoms with E-state index in [4.69, 9.17) is 9.84 Å². The lowest BCUT2D eigenvalue weighted by molar-refractivity contribution is -0.159. The molecule has 22 heavy (non-hydrogen) atoms. The summed E-state index contributed by atoms with van der Waals surface area (Å²) in [6.45, 7) is 0.610. The minimum absolute atomic E-state index is 0.0410. The van der Waals surface area contributed by atoms with Gasteiger partial charge in [-0.25, -0.2) is 13.6 Å². The van der Waals surface area contributed by atoms with Crippen LogP contribution in [-0.4, -0.2) is 47.7 Å². The summed E-state index contributed by atoms with van der Waals surface area (Å²) in [6.07, 6.45) is 0.184. The highest BCUT2D eigenvalue weighted by atomic mass is 19.2. The third kappa shape index (κ3) is 4.24. The van der Waals surface area contributed by atoms with E-state index in [1.165, 1.54) is 11.0 Å². The van der Waals surface area contributed by atoms with E-state index in [1.807, 2.05) is 0 Å². The highest BCUT2D eigenvalue weighted by Crippen LogP contribution is 2.13. The van der Waals surface area contributed by atoms with Gasteiger partial charge in [0.2, 0.25) is 5.91 Å². The number of halogens is 2. The zero-order valence-corrected chi connectivity index (χ0v) is 11.9. The second kappa shape index (κ2) is 7.31. The van der Waals surface area contributed by atoms with Gasteiger partial charge in [0.1, 0.15) is 0 Å². The number of carboxylic acid groups (broad SMARTS) is 1. The third-order valence-corrected chi connectivity index (χ3v) is 3.53. The lowest BCUT2D eigenvalue weighted by Gasteiger charge is -2.30. The zero-order valence-electron chi connectivity index (χ0n) is 11.9. The van der Waals surface area contributed by atoms with Gasteiger partial charge in [-0.05, 0) is 30.5 Å². The Balaban J connectivity index is 1.79. The number of rotatable bonds is 5. The minimum Gasteiger partial charge on any atom is -0.479 e. The van der Waals surface area contributed by atoms with Gasteiger partial charge < -0.3 is 14.7 Å². The number of aliphatic carboxylic acids is 1. The molecule has 1 atom stereocenters. The Hall–Kier alpha value is -2.02. The molecule has 0 spiro atoms. The first-order valence-corrected chi connectivity index (χ1v) is 7.03. The molecule has 1 aromatic carbocycles. The standard InChI is InChI=1S/C15H17F2NO4/c16-11-5-4-10(8-12(11)17)2-1-3-14(19)18-6-7-22-13(9-18)15(20)21/h4-5,8,13H,1-3,6-7,9H2,(H,20,21)/t13-/m1/s1. The summed E-state index contributed by atoms with van der Waals surface area (Å²) in [5.41, 5.74) is 0.622. The van der Waals surface area contributed by atoms with E-state index < -0.39 is 23.7 Å². The van der Waals surface area contributed by atoms with Gasteiger partial charge in [-0.2, -0.15) is 0 Å². The van der Waals surface area contributed by atoms with E-state index in [0.29, 0.717) is 24.9 Å². The molecular formula is C15H17F2NO4. The van der Waals surface area contributed by atoms with Crippen LogP contribution in [0.3, 0.4) is 0 Å². The number of hydrogen-bond acceptors (Lipinski definition) is 3. The summed E-state index contributed by atoms with van der Waals surface area (Å²) in [6, 6.07) is 3.67. The Labute approximate surface area is 126 Å². The summed E-state index contributed by atoms with van der Waals surface area (Å²) < 4.78 is 30.9. The summed E-state index contributed by atoms with van der Waals surface area (Å²) >= 11 is 0. The molecule has 0 aromatic heterocycles. The Morgan fingerprint density at radius 3 is 2.77 bits per heavy atom. The number of nitrogens with zero attached hydrogens (tertiary/aromatic N) is 1. The number of ether oxygens (including phenoxy) is 1. The maximum absolute atomic E-state index is 13.1. The van der Waals surface area contributed by atoms with Crippen molar-refractivity contribution in [3.05, 3.63) is 35.4 Å². The number of morpholine rings is 1. The summed E-state index contributed by atoms with van der Waals surface area (Å²) in [5, 5.41) is 8.88. The van der Waals surface area contributed by atoms with Crippen molar-refractivity contribution >= 4 is 11.9 Å². The lowest BCUT2D eigenvalue weighted by Crippen LogP contribution is -2.48. The summed E-state index contributed by atoms with van der Waals surface area (Å²) in [7, 11) is 0. The fourth-order valence-electron chi connectivity index (χ4n) is 2.32. The summed E-state index contributed by atoms with van der Waals surface area (Å²) in [5.74, 6) is -3.04. The lowest BCUT2D eigenvalue weighted by atomic mass is 10.1. The Bertz CT molecular complexity index is 564. The van der Waals surface area contributed by atoms with Gasteiger partial charge in [-0.1, -0.05) is 6.07 Å². The van der Waals surface area contributed by atoms with Gasteiger partial charge in [0.15, 0.2) is 17.7 Å². The van der Waals surface area contributed by atoms with Gasteiger partial charge in [0.05, 0.1) is 13.2 Å². The molecule has 1 aliphatic rings. The van der Waals surface area contributed by atoms with Crippen molar-refractivity contribution in [3.8, 4) is 0 Å². The average molecular weight is 313 g/mol. The second-order valence-corrected chi connectivity index (χ2v) is 5.14. The van der Waals surface area contributed by atoms with Crippen LogP contribution in [0.2, 0.25) is 0 Å². The molecule has 0 unspecified atom stereocenters. The molecule has 7 heteroatoms. The van der Waals surface area contributed by atoms with Crippen LogP contribution in [0, 0.1) is 11.6 Å². The van der Waals surface area contributed by atoms with Crippen LogP contribution < -0.4 is 0 Å². The molecule has 5 nitrogen and oxygen atoms in total. The molecule has 1 fully saturated rings. The largest absolute Gasteiger partial charge is 0.479 e. The molecule has 1 aromatic rings. The molecule has 2 rings (SSSR count). The monoisotopic (exact) mass is 313 g/mol. The first-order chi connectivity index (χ1) is 10.5. The molecule has 0 bridgehead atoms. The first kappa shape index (κ1) is 16.4. The third-order valence-electron chi connectivity index (χ3n) is 3.53. The predicted octanol–water partition coefficient (Wildman–Crippen LogP) is 1.60. The highest BCUT2D eigenvalue weighted by Gasteiger charge is 2.28. The molecule has 1 heterocycles. The number of hydrogen-bond donors (Lipinski definition) is 1. The number of benzene rings is 1. The molecule has 1 N–H and O–H groups in total. The van der Waals surface area contributed by atoms with Gasteiger partial charge in [-0.3, -0.25) is 4.79 Å². The smallest absolute Gasteiger partial charge is 0.334 e. The van der Waals surface area contributed by atoms with Crippen molar-refractivity contribution in [2.24, 2.45) is 0 Å². The van der Waals surface area contributed by atoms with Crippen LogP contribution in [0.5, 0.6) is 0 Å². The van der Waals surface area contributed by atoms with E-state index in [0.717, 1.165) is 12.1 Å². The molecular weight excluding hydrogens is 296 g/mol. The van der Waals surface area contributed by atoms with Crippen molar-refractivity contribution in [1.29, 1.82) is 0 Å². The number of carbonyl (C=O) groups is 2. The van der Waals surface area contributed by atoms with E-state index in [9.17, 15) is 18.4 Å². The van der Waals surface area contributed by atoms with E-state index in [1.54, 1.807) is 0 Å². The topological polar surface area (TPSA) is 66.8 Å². The van der Waals surface area contributed by atoms with Crippen LogP contribution in [0.4, 0.5) is 8.78 Å². The van der Waals surface area contributed by atoms with Crippen LogP contribution in [-0.2, 0) is 20.7 Å². The van der Waals surface area contributed by atoms with Crippen molar-refractivity contribution in [1.82, 2.24) is 4.90 Å². The van der Waals surface area contributed by atoms with Gasteiger partial charge in [0.25, 0.3) is 0 Å². The molecule has 1 saturated heterocycles. The van der Waals surface area contributed by atoms with Crippen molar-refractivity contribution in [3.63, 3.8) is 0 Å². The Kier molecular flexibility index (Phi) is 5.43. The molecule has 0 aliphatic carbocycles. The maximum atomic E-state index is 13.1. The van der Waals surface area contributed by atoms with Crippen LogP contribution in [0.25, 0.3) is 0 Å². The normalized spacial score (nSPS) is 18.3.